The molecule has 8 nitrogen and oxygen atoms in total. The highest BCUT2D eigenvalue weighted by Crippen LogP contribution is 2.17. The van der Waals surface area contributed by atoms with E-state index in [0.717, 1.165) is 19.4 Å². The quantitative estimate of drug-likeness (QED) is 0.582. The van der Waals surface area contributed by atoms with Crippen LogP contribution >= 0.6 is 0 Å². The highest BCUT2D eigenvalue weighted by Gasteiger charge is 2.31. The standard InChI is InChI=1S/C12H22N4O4/c1-15(2)7-8-4-3-5-16(8)12(20)14-9(11(18)19)6-10(13)17/h8-9H,3-7H2,1-2H3,(H2,13,17)(H,14,20)(H,18,19)/t8?,9-/m1/s1. The van der Waals surface area contributed by atoms with Crippen LogP contribution in [-0.2, 0) is 9.59 Å². The molecule has 20 heavy (non-hydrogen) atoms. The molecule has 8 heteroatoms. The fourth-order valence-electron chi connectivity index (χ4n) is 2.35. The number of hydrogen-bond acceptors (Lipinski definition) is 4. The van der Waals surface area contributed by atoms with Crippen molar-refractivity contribution in [2.24, 2.45) is 5.73 Å². The van der Waals surface area contributed by atoms with Gasteiger partial charge in [0.2, 0.25) is 5.91 Å². The third-order valence-corrected chi connectivity index (χ3v) is 3.22. The van der Waals surface area contributed by atoms with Crippen molar-refractivity contribution in [2.75, 3.05) is 27.2 Å². The molecule has 0 saturated carbocycles. The van der Waals surface area contributed by atoms with E-state index < -0.39 is 30.4 Å². The lowest BCUT2D eigenvalue weighted by Gasteiger charge is -2.28. The monoisotopic (exact) mass is 286 g/mol. The van der Waals surface area contributed by atoms with Crippen LogP contribution in [0, 0.1) is 0 Å². The molecule has 0 aromatic heterocycles. The Bertz CT molecular complexity index is 386. The van der Waals surface area contributed by atoms with Gasteiger partial charge in [-0.25, -0.2) is 9.59 Å². The van der Waals surface area contributed by atoms with Crippen molar-refractivity contribution in [1.82, 2.24) is 15.1 Å². The Labute approximate surface area is 117 Å². The van der Waals surface area contributed by atoms with Gasteiger partial charge < -0.3 is 26.0 Å². The van der Waals surface area contributed by atoms with E-state index in [9.17, 15) is 14.4 Å². The molecule has 0 aliphatic carbocycles. The molecule has 0 aromatic carbocycles. The minimum absolute atomic E-state index is 0.0630. The molecule has 3 amide bonds. The van der Waals surface area contributed by atoms with Crippen LogP contribution in [0.25, 0.3) is 0 Å². The van der Waals surface area contributed by atoms with Gasteiger partial charge in [0.1, 0.15) is 6.04 Å². The Kier molecular flexibility index (Phi) is 5.75. The molecule has 2 atom stereocenters. The number of primary amides is 1. The molecular weight excluding hydrogens is 264 g/mol. The zero-order valence-corrected chi connectivity index (χ0v) is 11.8. The Morgan fingerprint density at radius 3 is 2.60 bits per heavy atom. The highest BCUT2D eigenvalue weighted by atomic mass is 16.4. The van der Waals surface area contributed by atoms with Crippen LogP contribution in [0.15, 0.2) is 0 Å². The summed E-state index contributed by atoms with van der Waals surface area (Å²) in [5, 5.41) is 11.3. The van der Waals surface area contributed by atoms with Crippen LogP contribution in [0.5, 0.6) is 0 Å². The van der Waals surface area contributed by atoms with Gasteiger partial charge in [0.25, 0.3) is 0 Å². The van der Waals surface area contributed by atoms with Crippen molar-refractivity contribution in [1.29, 1.82) is 0 Å². The van der Waals surface area contributed by atoms with Gasteiger partial charge in [0.05, 0.1) is 6.42 Å². The number of carboxylic acids is 1. The fraction of sp³-hybridized carbons (Fsp3) is 0.750. The molecular formula is C12H22N4O4. The second-order valence-electron chi connectivity index (χ2n) is 5.26. The first kappa shape index (κ1) is 16.2. The first-order valence-electron chi connectivity index (χ1n) is 6.54. The van der Waals surface area contributed by atoms with Crippen LogP contribution < -0.4 is 11.1 Å². The van der Waals surface area contributed by atoms with Gasteiger partial charge in [-0.1, -0.05) is 0 Å². The predicted molar refractivity (Wildman–Crippen MR) is 72.0 cm³/mol. The van der Waals surface area contributed by atoms with E-state index in [1.165, 1.54) is 0 Å². The number of urea groups is 1. The number of nitrogens with one attached hydrogen (secondary N) is 1. The minimum Gasteiger partial charge on any atom is -0.480 e. The fourth-order valence-corrected chi connectivity index (χ4v) is 2.35. The van der Waals surface area contributed by atoms with E-state index in [0.29, 0.717) is 6.54 Å². The summed E-state index contributed by atoms with van der Waals surface area (Å²) >= 11 is 0. The van der Waals surface area contributed by atoms with Crippen molar-refractivity contribution in [2.45, 2.75) is 31.3 Å². The van der Waals surface area contributed by atoms with Gasteiger partial charge in [0, 0.05) is 19.1 Å². The lowest BCUT2D eigenvalue weighted by Crippen LogP contribution is -2.52. The Balaban J connectivity index is 2.63. The number of carboxylic acid groups (broad SMARTS) is 1. The Morgan fingerprint density at radius 2 is 2.10 bits per heavy atom. The van der Waals surface area contributed by atoms with E-state index in [-0.39, 0.29) is 6.04 Å². The topological polar surface area (TPSA) is 116 Å². The van der Waals surface area contributed by atoms with Gasteiger partial charge in [-0.05, 0) is 26.9 Å². The number of carbonyl (C=O) groups excluding carboxylic acids is 2. The number of carbonyl (C=O) groups is 3. The lowest BCUT2D eigenvalue weighted by atomic mass is 10.2. The summed E-state index contributed by atoms with van der Waals surface area (Å²) in [6, 6.07) is -1.67. The summed E-state index contributed by atoms with van der Waals surface area (Å²) in [5.41, 5.74) is 4.98. The molecule has 1 rings (SSSR count). The van der Waals surface area contributed by atoms with Crippen LogP contribution in [0.4, 0.5) is 4.79 Å². The SMILES string of the molecule is CN(C)CC1CCCN1C(=O)N[C@H](CC(N)=O)C(=O)O. The maximum atomic E-state index is 12.1. The maximum absolute atomic E-state index is 12.1. The zero-order chi connectivity index (χ0) is 15.3. The van der Waals surface area contributed by atoms with Crippen LogP contribution in [0.1, 0.15) is 19.3 Å². The molecule has 1 aliphatic rings. The summed E-state index contributed by atoms with van der Waals surface area (Å²) in [7, 11) is 3.84. The molecule has 114 valence electrons. The number of amides is 3. The van der Waals surface area contributed by atoms with E-state index in [1.54, 1.807) is 4.90 Å². The van der Waals surface area contributed by atoms with Gasteiger partial charge in [-0.2, -0.15) is 0 Å². The van der Waals surface area contributed by atoms with Crippen molar-refractivity contribution >= 4 is 17.9 Å². The molecule has 0 bridgehead atoms. The predicted octanol–water partition coefficient (Wildman–Crippen LogP) is -0.949. The zero-order valence-electron chi connectivity index (χ0n) is 11.8. The molecule has 1 heterocycles. The number of hydrogen-bond donors (Lipinski definition) is 3. The second kappa shape index (κ2) is 7.09. The number of nitrogens with zero attached hydrogens (tertiary/aromatic N) is 2. The lowest BCUT2D eigenvalue weighted by molar-refractivity contribution is -0.141. The van der Waals surface area contributed by atoms with Gasteiger partial charge in [-0.3, -0.25) is 4.79 Å². The average Bonchev–Trinajstić information content (AvgIpc) is 2.74. The number of aliphatic carboxylic acids is 1. The van der Waals surface area contributed by atoms with E-state index >= 15 is 0 Å². The van der Waals surface area contributed by atoms with Crippen molar-refractivity contribution < 1.29 is 19.5 Å². The molecule has 1 saturated heterocycles. The summed E-state index contributed by atoms with van der Waals surface area (Å²) in [4.78, 5) is 37.5. The normalized spacial score (nSPS) is 19.9. The molecule has 1 aliphatic heterocycles. The first-order chi connectivity index (χ1) is 9.31. The van der Waals surface area contributed by atoms with Crippen molar-refractivity contribution in [3.8, 4) is 0 Å². The van der Waals surface area contributed by atoms with Gasteiger partial charge >= 0.3 is 12.0 Å². The van der Waals surface area contributed by atoms with Crippen LogP contribution in [0.3, 0.4) is 0 Å². The second-order valence-corrected chi connectivity index (χ2v) is 5.26. The summed E-state index contributed by atoms with van der Waals surface area (Å²) < 4.78 is 0. The molecule has 1 fully saturated rings. The third kappa shape index (κ3) is 4.69. The van der Waals surface area contributed by atoms with Crippen LogP contribution in [-0.4, -0.2) is 72.1 Å². The minimum atomic E-state index is -1.28. The molecule has 0 spiro atoms. The number of rotatable bonds is 6. The summed E-state index contributed by atoms with van der Waals surface area (Å²) in [6.07, 6.45) is 1.37. The van der Waals surface area contributed by atoms with Crippen LogP contribution in [0.2, 0.25) is 0 Å². The van der Waals surface area contributed by atoms with E-state index in [4.69, 9.17) is 10.8 Å². The van der Waals surface area contributed by atoms with Gasteiger partial charge in [0.15, 0.2) is 0 Å². The average molecular weight is 286 g/mol. The van der Waals surface area contributed by atoms with Gasteiger partial charge in [-0.15, -0.1) is 0 Å². The maximum Gasteiger partial charge on any atom is 0.326 e. The summed E-state index contributed by atoms with van der Waals surface area (Å²) in [5.74, 6) is -2.02. The van der Waals surface area contributed by atoms with E-state index in [1.807, 2.05) is 19.0 Å². The largest absolute Gasteiger partial charge is 0.480 e. The number of nitrogens with two attached hydrogens (primary N) is 1. The number of likely N-dealkylation sites (tertiary alicyclic amines) is 1. The highest BCUT2D eigenvalue weighted by molar-refractivity contribution is 5.87. The Morgan fingerprint density at radius 1 is 1.45 bits per heavy atom. The molecule has 0 radical (unpaired) electrons. The summed E-state index contributed by atoms with van der Waals surface area (Å²) in [6.45, 7) is 1.31. The molecule has 4 N–H and O–H groups in total. The smallest absolute Gasteiger partial charge is 0.326 e. The number of likely N-dealkylation sites (N-methyl/N-ethyl adjacent to an activating group) is 1. The van der Waals surface area contributed by atoms with Crippen molar-refractivity contribution in [3.05, 3.63) is 0 Å². The van der Waals surface area contributed by atoms with E-state index in [2.05, 4.69) is 5.32 Å². The first-order valence-corrected chi connectivity index (χ1v) is 6.54. The Hall–Kier alpha value is -1.83. The molecule has 1 unspecified atom stereocenters. The third-order valence-electron chi connectivity index (χ3n) is 3.22. The van der Waals surface area contributed by atoms with Crippen molar-refractivity contribution in [3.63, 3.8) is 0 Å². The molecule has 0 aromatic rings.